The molecule has 2 amide bonds. The summed E-state index contributed by atoms with van der Waals surface area (Å²) < 4.78 is 7.09. The van der Waals surface area contributed by atoms with Gasteiger partial charge in [-0.05, 0) is 12.5 Å². The lowest BCUT2D eigenvalue weighted by atomic mass is 9.99. The molecule has 0 unspecified atom stereocenters. The lowest BCUT2D eigenvalue weighted by Gasteiger charge is -2.45. The van der Waals surface area contributed by atoms with Crippen molar-refractivity contribution in [2.75, 3.05) is 26.7 Å². The third kappa shape index (κ3) is 3.29. The van der Waals surface area contributed by atoms with E-state index in [2.05, 4.69) is 0 Å². The molecule has 2 aliphatic rings. The fraction of sp³-hybridized carbons (Fsp3) is 0.562. The Morgan fingerprint density at radius 1 is 1.35 bits per heavy atom. The number of amides is 2. The number of fused-ring (bicyclic) bond motifs is 1. The van der Waals surface area contributed by atoms with Crippen molar-refractivity contribution >= 4 is 11.8 Å². The van der Waals surface area contributed by atoms with E-state index in [9.17, 15) is 14.4 Å². The molecule has 0 spiro atoms. The number of carbonyl (C=O) groups excluding carboxylic acids is 2. The minimum absolute atomic E-state index is 0.00521. The summed E-state index contributed by atoms with van der Waals surface area (Å²) in [6.45, 7) is 1.62. The van der Waals surface area contributed by atoms with E-state index in [0.717, 1.165) is 6.42 Å². The Kier molecular flexibility index (Phi) is 4.47. The van der Waals surface area contributed by atoms with E-state index < -0.39 is 0 Å². The van der Waals surface area contributed by atoms with Crippen LogP contribution in [-0.2, 0) is 20.9 Å². The first kappa shape index (κ1) is 15.7. The van der Waals surface area contributed by atoms with Crippen LogP contribution in [0.25, 0.3) is 0 Å². The van der Waals surface area contributed by atoms with E-state index in [-0.39, 0.29) is 42.5 Å². The first-order chi connectivity index (χ1) is 11.1. The second kappa shape index (κ2) is 6.54. The highest BCUT2D eigenvalue weighted by Crippen LogP contribution is 2.22. The molecule has 0 N–H and O–H groups in total. The monoisotopic (exact) mass is 319 g/mol. The van der Waals surface area contributed by atoms with Crippen LogP contribution in [0, 0.1) is 0 Å². The molecule has 0 radical (unpaired) electrons. The van der Waals surface area contributed by atoms with Crippen LogP contribution in [-0.4, -0.2) is 65.1 Å². The highest BCUT2D eigenvalue weighted by atomic mass is 16.5. The Balaban J connectivity index is 1.59. The van der Waals surface area contributed by atoms with E-state index in [4.69, 9.17) is 4.74 Å². The number of pyridine rings is 1. The van der Waals surface area contributed by atoms with Crippen molar-refractivity contribution < 1.29 is 14.3 Å². The molecule has 2 saturated heterocycles. The van der Waals surface area contributed by atoms with Crippen molar-refractivity contribution in [1.82, 2.24) is 14.4 Å². The molecule has 3 rings (SSSR count). The van der Waals surface area contributed by atoms with Crippen molar-refractivity contribution in [1.29, 1.82) is 0 Å². The van der Waals surface area contributed by atoms with Gasteiger partial charge in [0.1, 0.15) is 6.61 Å². The number of hydrogen-bond acceptors (Lipinski definition) is 4. The van der Waals surface area contributed by atoms with Crippen molar-refractivity contribution in [2.24, 2.45) is 0 Å². The van der Waals surface area contributed by atoms with E-state index in [1.807, 2.05) is 0 Å². The second-order valence-electron chi connectivity index (χ2n) is 6.03. The second-order valence-corrected chi connectivity index (χ2v) is 6.03. The molecular weight excluding hydrogens is 298 g/mol. The fourth-order valence-electron chi connectivity index (χ4n) is 3.19. The highest BCUT2D eigenvalue weighted by Gasteiger charge is 2.39. The molecule has 2 atom stereocenters. The summed E-state index contributed by atoms with van der Waals surface area (Å²) in [6, 6.07) is 4.86. The largest absolute Gasteiger partial charge is 0.366 e. The summed E-state index contributed by atoms with van der Waals surface area (Å²) in [6.07, 6.45) is 2.71. The smallest absolute Gasteiger partial charge is 0.250 e. The van der Waals surface area contributed by atoms with Gasteiger partial charge in [0.05, 0.1) is 12.1 Å². The lowest BCUT2D eigenvalue weighted by Crippen LogP contribution is -2.61. The molecule has 7 nitrogen and oxygen atoms in total. The number of nitrogens with zero attached hydrogens (tertiary/aromatic N) is 3. The number of carbonyl (C=O) groups is 2. The standard InChI is InChI=1S/C16H21N3O4/c1-17-12-10-19(8-5-13(12)23-11-16(17)22)15(21)6-9-18-7-3-2-4-14(18)20/h2-4,7,12-13H,5-6,8-11H2,1H3/t12-,13+/m0/s1. The summed E-state index contributed by atoms with van der Waals surface area (Å²) in [5.74, 6) is -0.0398. The van der Waals surface area contributed by atoms with Gasteiger partial charge in [-0.2, -0.15) is 0 Å². The molecule has 23 heavy (non-hydrogen) atoms. The van der Waals surface area contributed by atoms with Gasteiger partial charge >= 0.3 is 0 Å². The quantitative estimate of drug-likeness (QED) is 0.767. The number of ether oxygens (including phenoxy) is 1. The Hall–Kier alpha value is -2.15. The maximum Gasteiger partial charge on any atom is 0.250 e. The number of likely N-dealkylation sites (tertiary alicyclic amines) is 1. The highest BCUT2D eigenvalue weighted by molar-refractivity contribution is 5.79. The maximum atomic E-state index is 12.4. The fourth-order valence-corrected chi connectivity index (χ4v) is 3.19. The van der Waals surface area contributed by atoms with Crippen LogP contribution in [0.4, 0.5) is 0 Å². The van der Waals surface area contributed by atoms with Gasteiger partial charge in [0.25, 0.3) is 5.56 Å². The third-order valence-corrected chi connectivity index (χ3v) is 4.65. The third-order valence-electron chi connectivity index (χ3n) is 4.65. The first-order valence-corrected chi connectivity index (χ1v) is 7.87. The molecule has 0 bridgehead atoms. The van der Waals surface area contributed by atoms with E-state index in [1.54, 1.807) is 35.2 Å². The predicted molar refractivity (Wildman–Crippen MR) is 82.8 cm³/mol. The molecule has 2 fully saturated rings. The molecule has 7 heteroatoms. The number of piperidine rings is 1. The van der Waals surface area contributed by atoms with Gasteiger partial charge in [0.15, 0.2) is 0 Å². The van der Waals surface area contributed by atoms with Crippen LogP contribution in [0.2, 0.25) is 0 Å². The van der Waals surface area contributed by atoms with Crippen LogP contribution in [0.3, 0.4) is 0 Å². The van der Waals surface area contributed by atoms with Gasteiger partial charge in [-0.15, -0.1) is 0 Å². The lowest BCUT2D eigenvalue weighted by molar-refractivity contribution is -0.163. The van der Waals surface area contributed by atoms with Crippen LogP contribution in [0.1, 0.15) is 12.8 Å². The summed E-state index contributed by atoms with van der Waals surface area (Å²) >= 11 is 0. The summed E-state index contributed by atoms with van der Waals surface area (Å²) in [4.78, 5) is 39.3. The zero-order chi connectivity index (χ0) is 16.4. The number of aromatic nitrogens is 1. The number of aryl methyl sites for hydroxylation is 1. The number of rotatable bonds is 3. The summed E-state index contributed by atoms with van der Waals surface area (Å²) in [5.41, 5.74) is -0.106. The van der Waals surface area contributed by atoms with E-state index in [1.165, 1.54) is 10.6 Å². The van der Waals surface area contributed by atoms with E-state index in [0.29, 0.717) is 19.6 Å². The first-order valence-electron chi connectivity index (χ1n) is 7.87. The zero-order valence-corrected chi connectivity index (χ0v) is 13.2. The normalized spacial score (nSPS) is 24.5. The van der Waals surface area contributed by atoms with Crippen LogP contribution < -0.4 is 5.56 Å². The van der Waals surface area contributed by atoms with Crippen molar-refractivity contribution in [3.63, 3.8) is 0 Å². The maximum absolute atomic E-state index is 12.4. The van der Waals surface area contributed by atoms with Crippen molar-refractivity contribution in [2.45, 2.75) is 31.5 Å². The van der Waals surface area contributed by atoms with Crippen molar-refractivity contribution in [3.8, 4) is 0 Å². The molecule has 2 aliphatic heterocycles. The summed E-state index contributed by atoms with van der Waals surface area (Å²) in [5, 5.41) is 0. The molecule has 0 aromatic carbocycles. The van der Waals surface area contributed by atoms with Gasteiger partial charge in [0.2, 0.25) is 11.8 Å². The molecular formula is C16H21N3O4. The molecule has 0 saturated carbocycles. The predicted octanol–water partition coefficient (Wildman–Crippen LogP) is -0.303. The Morgan fingerprint density at radius 3 is 2.96 bits per heavy atom. The van der Waals surface area contributed by atoms with Crippen molar-refractivity contribution in [3.05, 3.63) is 34.7 Å². The average Bonchev–Trinajstić information content (AvgIpc) is 2.57. The van der Waals surface area contributed by atoms with Crippen LogP contribution >= 0.6 is 0 Å². The van der Waals surface area contributed by atoms with Crippen LogP contribution in [0.15, 0.2) is 29.2 Å². The van der Waals surface area contributed by atoms with E-state index >= 15 is 0 Å². The minimum Gasteiger partial charge on any atom is -0.366 e. The molecule has 0 aliphatic carbocycles. The zero-order valence-electron chi connectivity index (χ0n) is 13.2. The molecule has 1 aromatic heterocycles. The Bertz CT molecular complexity index is 657. The SMILES string of the molecule is CN1C(=O)CO[C@@H]2CCN(C(=O)CCn3ccccc3=O)C[C@@H]21. The topological polar surface area (TPSA) is 71.8 Å². The average molecular weight is 319 g/mol. The van der Waals surface area contributed by atoms with Gasteiger partial charge < -0.3 is 19.1 Å². The molecule has 3 heterocycles. The minimum atomic E-state index is -0.106. The number of likely N-dealkylation sites (N-methyl/N-ethyl adjacent to an activating group) is 1. The summed E-state index contributed by atoms with van der Waals surface area (Å²) in [7, 11) is 1.76. The number of morpholine rings is 1. The van der Waals surface area contributed by atoms with Gasteiger partial charge in [-0.3, -0.25) is 14.4 Å². The number of hydrogen-bond donors (Lipinski definition) is 0. The molecule has 124 valence electrons. The van der Waals surface area contributed by atoms with Gasteiger partial charge in [-0.25, -0.2) is 0 Å². The Morgan fingerprint density at radius 2 is 2.17 bits per heavy atom. The Labute approximate surface area is 134 Å². The van der Waals surface area contributed by atoms with Crippen LogP contribution in [0.5, 0.6) is 0 Å². The molecule has 1 aromatic rings. The van der Waals surface area contributed by atoms with Gasteiger partial charge in [-0.1, -0.05) is 6.07 Å². The van der Waals surface area contributed by atoms with Gasteiger partial charge in [0, 0.05) is 45.4 Å².